The van der Waals surface area contributed by atoms with E-state index in [0.29, 0.717) is 24.2 Å². The first-order chi connectivity index (χ1) is 14.8. The van der Waals surface area contributed by atoms with Gasteiger partial charge in [0, 0.05) is 36.0 Å². The van der Waals surface area contributed by atoms with Crippen LogP contribution in [0.15, 0.2) is 53.5 Å². The van der Waals surface area contributed by atoms with Gasteiger partial charge in [-0.15, -0.1) is 0 Å². The normalized spacial score (nSPS) is 19.9. The Morgan fingerprint density at radius 3 is 2.70 bits per heavy atom. The standard InChI is InChI=1S/C23H27N5O2/c29-21-9-8-17-15-25-23(26-22(17)27(21)16-20-7-4-14-30-20)28(18-5-2-1-3-6-18)19-10-12-24-13-11-19/h1-3,5-6,8-9,15,19-20,24H,4,7,10-14,16H2. The van der Waals surface area contributed by atoms with Gasteiger partial charge in [0.25, 0.3) is 5.56 Å². The number of rotatable bonds is 5. The summed E-state index contributed by atoms with van der Waals surface area (Å²) in [5.41, 5.74) is 1.71. The van der Waals surface area contributed by atoms with E-state index in [-0.39, 0.29) is 11.7 Å². The number of nitrogens with one attached hydrogen (secondary N) is 1. The van der Waals surface area contributed by atoms with Gasteiger partial charge in [-0.1, -0.05) is 18.2 Å². The molecule has 0 radical (unpaired) electrons. The molecule has 7 nitrogen and oxygen atoms in total. The summed E-state index contributed by atoms with van der Waals surface area (Å²) in [4.78, 5) is 24.6. The Morgan fingerprint density at radius 1 is 1.10 bits per heavy atom. The van der Waals surface area contributed by atoms with Crippen molar-refractivity contribution in [2.45, 2.75) is 44.4 Å². The van der Waals surface area contributed by atoms with Crippen molar-refractivity contribution in [1.82, 2.24) is 19.9 Å². The molecule has 2 aliphatic heterocycles. The molecule has 0 aliphatic carbocycles. The monoisotopic (exact) mass is 405 g/mol. The van der Waals surface area contributed by atoms with Crippen molar-refractivity contribution in [3.05, 3.63) is 59.0 Å². The number of benzene rings is 1. The number of para-hydroxylation sites is 1. The van der Waals surface area contributed by atoms with E-state index in [1.807, 2.05) is 30.5 Å². The number of anilines is 2. The highest BCUT2D eigenvalue weighted by atomic mass is 16.5. The lowest BCUT2D eigenvalue weighted by Gasteiger charge is -2.34. The van der Waals surface area contributed by atoms with E-state index >= 15 is 0 Å². The number of fused-ring (bicyclic) bond motifs is 1. The van der Waals surface area contributed by atoms with Crippen molar-refractivity contribution in [3.8, 4) is 0 Å². The molecule has 1 atom stereocenters. The van der Waals surface area contributed by atoms with Gasteiger partial charge in [0.1, 0.15) is 5.65 Å². The first-order valence-corrected chi connectivity index (χ1v) is 10.8. The Bertz CT molecular complexity index is 1060. The van der Waals surface area contributed by atoms with Crippen LogP contribution in [0.2, 0.25) is 0 Å². The molecule has 2 aliphatic rings. The molecule has 30 heavy (non-hydrogen) atoms. The Hall–Kier alpha value is -2.77. The Balaban J connectivity index is 1.59. The lowest BCUT2D eigenvalue weighted by Crippen LogP contribution is -2.41. The number of hydrogen-bond acceptors (Lipinski definition) is 6. The number of hydrogen-bond donors (Lipinski definition) is 1. The fraction of sp³-hybridized carbons (Fsp3) is 0.435. The first kappa shape index (κ1) is 19.2. The average Bonchev–Trinajstić information content (AvgIpc) is 3.31. The van der Waals surface area contributed by atoms with Crippen molar-refractivity contribution < 1.29 is 4.74 Å². The SMILES string of the molecule is O=c1ccc2cnc(N(c3ccccc3)C3CCNCC3)nc2n1CC1CCCO1. The smallest absolute Gasteiger partial charge is 0.252 e. The summed E-state index contributed by atoms with van der Waals surface area (Å²) < 4.78 is 7.53. The number of nitrogens with zero attached hydrogens (tertiary/aromatic N) is 4. The third kappa shape index (κ3) is 3.82. The highest BCUT2D eigenvalue weighted by Crippen LogP contribution is 2.29. The van der Waals surface area contributed by atoms with Gasteiger partial charge in [0.05, 0.1) is 12.6 Å². The number of ether oxygens (including phenoxy) is 1. The molecule has 156 valence electrons. The zero-order chi connectivity index (χ0) is 20.3. The summed E-state index contributed by atoms with van der Waals surface area (Å²) in [5.74, 6) is 0.646. The molecular weight excluding hydrogens is 378 g/mol. The molecule has 1 unspecified atom stereocenters. The second-order valence-electron chi connectivity index (χ2n) is 8.05. The fourth-order valence-corrected chi connectivity index (χ4v) is 4.49. The van der Waals surface area contributed by atoms with Crippen molar-refractivity contribution in [2.24, 2.45) is 0 Å². The molecule has 2 saturated heterocycles. The second kappa shape index (κ2) is 8.53. The molecule has 0 bridgehead atoms. The summed E-state index contributed by atoms with van der Waals surface area (Å²) in [6.07, 6.45) is 5.97. The lowest BCUT2D eigenvalue weighted by atomic mass is 10.0. The van der Waals surface area contributed by atoms with E-state index in [4.69, 9.17) is 14.7 Å². The topological polar surface area (TPSA) is 72.3 Å². The highest BCUT2D eigenvalue weighted by Gasteiger charge is 2.26. The van der Waals surface area contributed by atoms with Crippen molar-refractivity contribution in [1.29, 1.82) is 0 Å². The molecule has 0 amide bonds. The molecular formula is C23H27N5O2. The van der Waals surface area contributed by atoms with Crippen LogP contribution in [-0.4, -0.2) is 46.4 Å². The van der Waals surface area contributed by atoms with Gasteiger partial charge in [-0.2, -0.15) is 4.98 Å². The van der Waals surface area contributed by atoms with Gasteiger partial charge < -0.3 is 15.0 Å². The Kier molecular flexibility index (Phi) is 5.46. The van der Waals surface area contributed by atoms with Crippen molar-refractivity contribution >= 4 is 22.7 Å². The van der Waals surface area contributed by atoms with Crippen LogP contribution >= 0.6 is 0 Å². The van der Waals surface area contributed by atoms with Crippen LogP contribution < -0.4 is 15.8 Å². The molecule has 1 N–H and O–H groups in total. The number of aromatic nitrogens is 3. The highest BCUT2D eigenvalue weighted by molar-refractivity contribution is 5.76. The van der Waals surface area contributed by atoms with E-state index in [1.165, 1.54) is 0 Å². The first-order valence-electron chi connectivity index (χ1n) is 10.8. The van der Waals surface area contributed by atoms with Crippen LogP contribution in [0.25, 0.3) is 11.0 Å². The van der Waals surface area contributed by atoms with Gasteiger partial charge in [-0.25, -0.2) is 4.98 Å². The third-order valence-corrected chi connectivity index (χ3v) is 6.04. The van der Waals surface area contributed by atoms with E-state index in [9.17, 15) is 4.79 Å². The van der Waals surface area contributed by atoms with Crippen LogP contribution in [0.4, 0.5) is 11.6 Å². The largest absolute Gasteiger partial charge is 0.376 e. The predicted molar refractivity (Wildman–Crippen MR) is 117 cm³/mol. The quantitative estimate of drug-likeness (QED) is 0.704. The third-order valence-electron chi connectivity index (χ3n) is 6.04. The average molecular weight is 406 g/mol. The minimum atomic E-state index is -0.0456. The molecule has 2 fully saturated rings. The number of pyridine rings is 1. The summed E-state index contributed by atoms with van der Waals surface area (Å²) in [6.45, 7) is 3.25. The molecule has 2 aromatic heterocycles. The van der Waals surface area contributed by atoms with Crippen LogP contribution in [-0.2, 0) is 11.3 Å². The van der Waals surface area contributed by atoms with Crippen LogP contribution in [0, 0.1) is 0 Å². The van der Waals surface area contributed by atoms with E-state index in [1.54, 1.807) is 10.6 Å². The second-order valence-corrected chi connectivity index (χ2v) is 8.05. The summed E-state index contributed by atoms with van der Waals surface area (Å²) in [6, 6.07) is 14.0. The zero-order valence-corrected chi connectivity index (χ0v) is 17.0. The molecule has 0 spiro atoms. The molecule has 0 saturated carbocycles. The fourth-order valence-electron chi connectivity index (χ4n) is 4.49. The minimum Gasteiger partial charge on any atom is -0.376 e. The zero-order valence-electron chi connectivity index (χ0n) is 17.0. The predicted octanol–water partition coefficient (Wildman–Crippen LogP) is 2.86. The maximum Gasteiger partial charge on any atom is 0.252 e. The van der Waals surface area contributed by atoms with Gasteiger partial charge in [0.15, 0.2) is 0 Å². The molecule has 7 heteroatoms. The van der Waals surface area contributed by atoms with Crippen LogP contribution in [0.3, 0.4) is 0 Å². The molecule has 1 aromatic carbocycles. The summed E-state index contributed by atoms with van der Waals surface area (Å²) in [7, 11) is 0. The minimum absolute atomic E-state index is 0.0456. The molecule has 3 aromatic rings. The summed E-state index contributed by atoms with van der Waals surface area (Å²) >= 11 is 0. The van der Waals surface area contributed by atoms with Crippen LogP contribution in [0.1, 0.15) is 25.7 Å². The Labute approximate surface area is 175 Å². The van der Waals surface area contributed by atoms with Gasteiger partial charge >= 0.3 is 0 Å². The molecule has 4 heterocycles. The van der Waals surface area contributed by atoms with E-state index < -0.39 is 0 Å². The van der Waals surface area contributed by atoms with E-state index in [2.05, 4.69) is 22.3 Å². The van der Waals surface area contributed by atoms with Gasteiger partial charge in [0.2, 0.25) is 5.95 Å². The number of piperidine rings is 1. The van der Waals surface area contributed by atoms with Crippen LogP contribution in [0.5, 0.6) is 0 Å². The van der Waals surface area contributed by atoms with Gasteiger partial charge in [-0.3, -0.25) is 9.36 Å². The van der Waals surface area contributed by atoms with Crippen molar-refractivity contribution in [3.63, 3.8) is 0 Å². The maximum atomic E-state index is 12.7. The van der Waals surface area contributed by atoms with Gasteiger partial charge in [-0.05, 0) is 57.0 Å². The lowest BCUT2D eigenvalue weighted by molar-refractivity contribution is 0.0971. The van der Waals surface area contributed by atoms with E-state index in [0.717, 1.165) is 56.5 Å². The van der Waals surface area contributed by atoms with Crippen molar-refractivity contribution in [2.75, 3.05) is 24.6 Å². The molecule has 5 rings (SSSR count). The maximum absolute atomic E-state index is 12.7. The summed E-state index contributed by atoms with van der Waals surface area (Å²) in [5, 5.41) is 4.30. The Morgan fingerprint density at radius 2 is 1.93 bits per heavy atom.